The van der Waals surface area contributed by atoms with Gasteiger partial charge in [-0.3, -0.25) is 0 Å². The molecule has 3 aromatic carbocycles. The van der Waals surface area contributed by atoms with Crippen molar-refractivity contribution in [1.29, 1.82) is 0 Å². The molecule has 1 fully saturated rings. The molecular weight excluding hydrogens is 494 g/mol. The molecule has 194 valence electrons. The van der Waals surface area contributed by atoms with Gasteiger partial charge in [-0.15, -0.1) is 0 Å². The molecule has 0 radical (unpaired) electrons. The van der Waals surface area contributed by atoms with Gasteiger partial charge in [0.2, 0.25) is 0 Å². The summed E-state index contributed by atoms with van der Waals surface area (Å²) in [6, 6.07) is 24.1. The van der Waals surface area contributed by atoms with Crippen LogP contribution in [0.3, 0.4) is 0 Å². The van der Waals surface area contributed by atoms with E-state index < -0.39 is 55.2 Å². The zero-order chi connectivity index (χ0) is 26.9. The molecule has 0 amide bonds. The number of benzene rings is 3. The number of hydrogen-bond donors (Lipinski definition) is 1. The number of carbonyl (C=O) groups excluding carboxylic acids is 3. The predicted octanol–water partition coefficient (Wildman–Crippen LogP) is 3.69. The summed E-state index contributed by atoms with van der Waals surface area (Å²) in [5.74, 6) is -2.33. The molecule has 1 heterocycles. The molecule has 11 heteroatoms. The molecule has 0 unspecified atom stereocenters. The molecule has 1 N–H and O–H groups in total. The van der Waals surface area contributed by atoms with Gasteiger partial charge in [-0.2, -0.15) is 0 Å². The fraction of sp³-hybridized carbons (Fsp3) is 0.222. The minimum atomic E-state index is -1.62. The van der Waals surface area contributed by atoms with Crippen LogP contribution in [0, 0.1) is 0 Å². The first-order chi connectivity index (χ1) is 18.5. The van der Waals surface area contributed by atoms with Gasteiger partial charge in [0, 0.05) is 4.91 Å². The van der Waals surface area contributed by atoms with Crippen LogP contribution >= 0.6 is 0 Å². The second kappa shape index (κ2) is 12.5. The van der Waals surface area contributed by atoms with Crippen LogP contribution < -0.4 is 0 Å². The third-order valence-corrected chi connectivity index (χ3v) is 5.70. The number of hydrogen-bond acceptors (Lipinski definition) is 9. The molecular formula is C27H23N3O8. The Labute approximate surface area is 217 Å². The molecule has 1 saturated heterocycles. The highest BCUT2D eigenvalue weighted by molar-refractivity contribution is 5.90. The molecule has 0 bridgehead atoms. The fourth-order valence-corrected chi connectivity index (χ4v) is 3.80. The predicted molar refractivity (Wildman–Crippen MR) is 132 cm³/mol. The number of rotatable bonds is 8. The summed E-state index contributed by atoms with van der Waals surface area (Å²) in [7, 11) is 0. The first-order valence-electron chi connectivity index (χ1n) is 11.6. The Morgan fingerprint density at radius 1 is 0.763 bits per heavy atom. The third kappa shape index (κ3) is 6.34. The van der Waals surface area contributed by atoms with Gasteiger partial charge in [0.15, 0.2) is 18.4 Å². The lowest BCUT2D eigenvalue weighted by molar-refractivity contribution is -0.227. The zero-order valence-corrected chi connectivity index (χ0v) is 19.9. The Morgan fingerprint density at radius 2 is 1.21 bits per heavy atom. The number of aliphatic hydroxyl groups is 1. The Bertz CT molecular complexity index is 1300. The maximum absolute atomic E-state index is 12.9. The zero-order valence-electron chi connectivity index (χ0n) is 19.9. The average Bonchev–Trinajstić information content (AvgIpc) is 2.96. The van der Waals surface area contributed by atoms with Crippen LogP contribution in [0.15, 0.2) is 96.1 Å². The van der Waals surface area contributed by atoms with Crippen molar-refractivity contribution in [2.24, 2.45) is 5.11 Å². The van der Waals surface area contributed by atoms with E-state index in [0.29, 0.717) is 0 Å². The van der Waals surface area contributed by atoms with E-state index in [1.165, 1.54) is 24.3 Å². The van der Waals surface area contributed by atoms with Crippen LogP contribution in [0.25, 0.3) is 10.4 Å². The van der Waals surface area contributed by atoms with Crippen LogP contribution in [0.4, 0.5) is 0 Å². The summed E-state index contributed by atoms with van der Waals surface area (Å²) in [6.45, 7) is -0.467. The standard InChI is InChI=1S/C27H23N3O8/c28-30-29-24-23(38-27(34)19-14-8-3-9-15-19)22(37-26(33)18-12-6-2-7-13-18)21(31)20(36-24)16-35-25(32)17-10-4-1-5-11-17/h1-15,20-24,31H,16H2/t20-,21+,22+,23-,24-/m1/s1. The minimum Gasteiger partial charge on any atom is -0.459 e. The van der Waals surface area contributed by atoms with E-state index in [2.05, 4.69) is 10.0 Å². The van der Waals surface area contributed by atoms with Gasteiger partial charge in [-0.1, -0.05) is 59.7 Å². The number of carbonyl (C=O) groups is 3. The monoisotopic (exact) mass is 517 g/mol. The number of azide groups is 1. The van der Waals surface area contributed by atoms with Crippen LogP contribution in [-0.2, 0) is 18.9 Å². The van der Waals surface area contributed by atoms with E-state index in [-0.39, 0.29) is 16.7 Å². The number of esters is 3. The van der Waals surface area contributed by atoms with E-state index >= 15 is 0 Å². The normalized spacial score (nSPS) is 22.4. The quantitative estimate of drug-likeness (QED) is 0.156. The molecule has 0 aromatic heterocycles. The first kappa shape index (κ1) is 26.4. The highest BCUT2D eigenvalue weighted by Crippen LogP contribution is 2.29. The molecule has 38 heavy (non-hydrogen) atoms. The highest BCUT2D eigenvalue weighted by atomic mass is 16.6. The van der Waals surface area contributed by atoms with Crippen molar-refractivity contribution >= 4 is 17.9 Å². The van der Waals surface area contributed by atoms with E-state index in [1.807, 2.05) is 0 Å². The van der Waals surface area contributed by atoms with Crippen LogP contribution in [-0.4, -0.2) is 60.3 Å². The molecule has 3 aromatic rings. The van der Waals surface area contributed by atoms with Gasteiger partial charge in [-0.25, -0.2) is 14.4 Å². The van der Waals surface area contributed by atoms with Gasteiger partial charge in [0.25, 0.3) is 0 Å². The van der Waals surface area contributed by atoms with Crippen molar-refractivity contribution in [3.05, 3.63) is 118 Å². The van der Waals surface area contributed by atoms with Crippen molar-refractivity contribution < 1.29 is 38.4 Å². The lowest BCUT2D eigenvalue weighted by Crippen LogP contribution is -2.60. The van der Waals surface area contributed by atoms with Gasteiger partial charge in [0.05, 0.1) is 16.7 Å². The summed E-state index contributed by atoms with van der Waals surface area (Å²) in [5.41, 5.74) is 9.75. The van der Waals surface area contributed by atoms with Crippen LogP contribution in [0.5, 0.6) is 0 Å². The summed E-state index contributed by atoms with van der Waals surface area (Å²) in [4.78, 5) is 40.9. The smallest absolute Gasteiger partial charge is 0.338 e. The molecule has 11 nitrogen and oxygen atoms in total. The van der Waals surface area contributed by atoms with E-state index in [9.17, 15) is 19.5 Å². The van der Waals surface area contributed by atoms with Crippen molar-refractivity contribution in [3.8, 4) is 0 Å². The van der Waals surface area contributed by atoms with Gasteiger partial charge < -0.3 is 24.1 Å². The van der Waals surface area contributed by atoms with Crippen molar-refractivity contribution in [2.75, 3.05) is 6.61 Å². The molecule has 0 saturated carbocycles. The Morgan fingerprint density at radius 3 is 1.68 bits per heavy atom. The maximum Gasteiger partial charge on any atom is 0.338 e. The second-order valence-electron chi connectivity index (χ2n) is 8.20. The summed E-state index contributed by atoms with van der Waals surface area (Å²) >= 11 is 0. The summed E-state index contributed by atoms with van der Waals surface area (Å²) < 4.78 is 22.1. The van der Waals surface area contributed by atoms with Crippen LogP contribution in [0.2, 0.25) is 0 Å². The SMILES string of the molecule is [N-]=[N+]=N[C@@H]1O[C@H](COC(=O)c2ccccc2)[C@H](O)[C@H](OC(=O)c2ccccc2)[C@H]1OC(=O)c1ccccc1. The lowest BCUT2D eigenvalue weighted by atomic mass is 9.97. The third-order valence-electron chi connectivity index (χ3n) is 5.70. The highest BCUT2D eigenvalue weighted by Gasteiger charge is 2.50. The summed E-state index contributed by atoms with van der Waals surface area (Å²) in [6.07, 6.45) is -7.45. The topological polar surface area (TPSA) is 157 Å². The van der Waals surface area contributed by atoms with Crippen molar-refractivity contribution in [3.63, 3.8) is 0 Å². The molecule has 0 spiro atoms. The summed E-state index contributed by atoms with van der Waals surface area (Å²) in [5, 5.41) is 14.7. The van der Waals surface area contributed by atoms with Gasteiger partial charge in [-0.05, 0) is 41.9 Å². The van der Waals surface area contributed by atoms with E-state index in [4.69, 9.17) is 24.5 Å². The largest absolute Gasteiger partial charge is 0.459 e. The van der Waals surface area contributed by atoms with Crippen molar-refractivity contribution in [2.45, 2.75) is 30.6 Å². The Hall–Kier alpha value is -4.70. The average molecular weight is 517 g/mol. The van der Waals surface area contributed by atoms with E-state index in [0.717, 1.165) is 0 Å². The lowest BCUT2D eigenvalue weighted by Gasteiger charge is -2.41. The van der Waals surface area contributed by atoms with Crippen LogP contribution in [0.1, 0.15) is 31.1 Å². The van der Waals surface area contributed by atoms with E-state index in [1.54, 1.807) is 66.7 Å². The first-order valence-corrected chi connectivity index (χ1v) is 11.6. The molecule has 1 aliphatic heterocycles. The van der Waals surface area contributed by atoms with Crippen molar-refractivity contribution in [1.82, 2.24) is 0 Å². The number of nitrogens with zero attached hydrogens (tertiary/aromatic N) is 3. The second-order valence-corrected chi connectivity index (χ2v) is 8.20. The molecule has 5 atom stereocenters. The molecule has 4 rings (SSSR count). The number of aliphatic hydroxyl groups excluding tert-OH is 1. The van der Waals surface area contributed by atoms with Gasteiger partial charge in [0.1, 0.15) is 18.8 Å². The molecule has 0 aliphatic carbocycles. The Balaban J connectivity index is 1.59. The molecule has 1 aliphatic rings. The minimum absolute atomic E-state index is 0.173. The number of ether oxygens (including phenoxy) is 4. The maximum atomic E-state index is 12.9. The van der Waals surface area contributed by atoms with Gasteiger partial charge >= 0.3 is 17.9 Å². The fourth-order valence-electron chi connectivity index (χ4n) is 3.80. The Kier molecular flexibility index (Phi) is 8.68.